The first-order chi connectivity index (χ1) is 7.70. The summed E-state index contributed by atoms with van der Waals surface area (Å²) in [5, 5.41) is 2.79. The maximum Gasteiger partial charge on any atom is 0.155 e. The molecule has 82 valence electrons. The van der Waals surface area contributed by atoms with Crippen LogP contribution >= 0.6 is 34.7 Å². The van der Waals surface area contributed by atoms with E-state index in [0.29, 0.717) is 22.7 Å². The second-order valence-electron chi connectivity index (χ2n) is 2.93. The molecule has 0 aromatic carbocycles. The van der Waals surface area contributed by atoms with Crippen LogP contribution in [0.3, 0.4) is 0 Å². The van der Waals surface area contributed by atoms with Crippen molar-refractivity contribution in [3.8, 4) is 0 Å². The number of aldehydes is 1. The minimum Gasteiger partial charge on any atom is -0.298 e. The number of rotatable bonds is 3. The Labute approximate surface area is 106 Å². The minimum absolute atomic E-state index is 0.210. The van der Waals surface area contributed by atoms with Crippen molar-refractivity contribution in [2.24, 2.45) is 0 Å². The van der Waals surface area contributed by atoms with Crippen LogP contribution in [-0.4, -0.2) is 16.3 Å². The summed E-state index contributed by atoms with van der Waals surface area (Å²) in [6, 6.07) is 3.92. The highest BCUT2D eigenvalue weighted by molar-refractivity contribution is 8.01. The van der Waals surface area contributed by atoms with Crippen molar-refractivity contribution in [1.29, 1.82) is 0 Å². The minimum atomic E-state index is 0.210. The lowest BCUT2D eigenvalue weighted by atomic mass is 10.4. The van der Waals surface area contributed by atoms with Gasteiger partial charge in [-0.2, -0.15) is 0 Å². The summed E-state index contributed by atoms with van der Waals surface area (Å²) < 4.78 is 1.07. The van der Waals surface area contributed by atoms with E-state index in [9.17, 15) is 4.79 Å². The van der Waals surface area contributed by atoms with E-state index < -0.39 is 0 Å². The monoisotopic (exact) mass is 270 g/mol. The van der Waals surface area contributed by atoms with Crippen molar-refractivity contribution in [2.75, 3.05) is 0 Å². The molecular weight excluding hydrogens is 264 g/mol. The maximum absolute atomic E-state index is 10.9. The molecule has 0 N–H and O–H groups in total. The van der Waals surface area contributed by atoms with Crippen molar-refractivity contribution in [1.82, 2.24) is 9.97 Å². The highest BCUT2D eigenvalue weighted by Crippen LogP contribution is 2.33. The van der Waals surface area contributed by atoms with Gasteiger partial charge in [-0.1, -0.05) is 29.4 Å². The maximum atomic E-state index is 10.9. The molecule has 2 heterocycles. The zero-order chi connectivity index (χ0) is 11.5. The number of hydrogen-bond donors (Lipinski definition) is 0. The highest BCUT2D eigenvalue weighted by Gasteiger charge is 2.12. The number of hydrogen-bond acceptors (Lipinski definition) is 5. The molecule has 0 saturated carbocycles. The van der Waals surface area contributed by atoms with E-state index in [0.717, 1.165) is 4.21 Å². The fourth-order valence-corrected chi connectivity index (χ4v) is 3.24. The van der Waals surface area contributed by atoms with Crippen LogP contribution in [0.5, 0.6) is 0 Å². The molecule has 0 amide bonds. The fraction of sp³-hybridized carbons (Fsp3) is 0.100. The van der Waals surface area contributed by atoms with Gasteiger partial charge in [-0.05, 0) is 18.4 Å². The van der Waals surface area contributed by atoms with Gasteiger partial charge in [0.05, 0.1) is 9.77 Å². The van der Waals surface area contributed by atoms with Crippen LogP contribution in [-0.2, 0) is 0 Å². The number of halogens is 1. The van der Waals surface area contributed by atoms with E-state index in [1.165, 1.54) is 11.8 Å². The van der Waals surface area contributed by atoms with Crippen LogP contribution in [0, 0.1) is 6.92 Å². The predicted molar refractivity (Wildman–Crippen MR) is 65.6 cm³/mol. The van der Waals surface area contributed by atoms with Crippen molar-refractivity contribution in [3.63, 3.8) is 0 Å². The molecule has 6 heteroatoms. The summed E-state index contributed by atoms with van der Waals surface area (Å²) in [6.45, 7) is 1.75. The SMILES string of the molecule is Cc1nc(Cl)c(C=O)c(Sc2cccs2)n1. The molecule has 0 atom stereocenters. The molecule has 2 rings (SSSR count). The van der Waals surface area contributed by atoms with E-state index >= 15 is 0 Å². The summed E-state index contributed by atoms with van der Waals surface area (Å²) in [6.07, 6.45) is 0.692. The second kappa shape index (κ2) is 4.95. The molecule has 3 nitrogen and oxygen atoms in total. The first-order valence-electron chi connectivity index (χ1n) is 4.41. The Morgan fingerprint density at radius 2 is 2.31 bits per heavy atom. The van der Waals surface area contributed by atoms with Gasteiger partial charge in [0.1, 0.15) is 16.0 Å². The molecule has 0 aliphatic carbocycles. The summed E-state index contributed by atoms with van der Waals surface area (Å²) in [5.74, 6) is 0.564. The molecule has 2 aromatic heterocycles. The molecule has 0 unspecified atom stereocenters. The van der Waals surface area contributed by atoms with Crippen LogP contribution in [0.15, 0.2) is 26.7 Å². The largest absolute Gasteiger partial charge is 0.298 e. The van der Waals surface area contributed by atoms with Gasteiger partial charge < -0.3 is 0 Å². The molecule has 0 radical (unpaired) electrons. The zero-order valence-electron chi connectivity index (χ0n) is 8.31. The van der Waals surface area contributed by atoms with Gasteiger partial charge >= 0.3 is 0 Å². The first-order valence-corrected chi connectivity index (χ1v) is 6.49. The Kier molecular flexibility index (Phi) is 3.58. The van der Waals surface area contributed by atoms with Crippen LogP contribution in [0.25, 0.3) is 0 Å². The van der Waals surface area contributed by atoms with Gasteiger partial charge in [0.2, 0.25) is 0 Å². The smallest absolute Gasteiger partial charge is 0.155 e. The van der Waals surface area contributed by atoms with Crippen molar-refractivity contribution >= 4 is 41.0 Å². The molecule has 0 aliphatic heterocycles. The quantitative estimate of drug-likeness (QED) is 0.633. The van der Waals surface area contributed by atoms with Crippen LogP contribution in [0.2, 0.25) is 5.15 Å². The van der Waals surface area contributed by atoms with Crippen molar-refractivity contribution in [3.05, 3.63) is 34.1 Å². The molecule has 0 aliphatic rings. The summed E-state index contributed by atoms with van der Waals surface area (Å²) in [4.78, 5) is 19.1. The van der Waals surface area contributed by atoms with Gasteiger partial charge in [-0.25, -0.2) is 9.97 Å². The number of aromatic nitrogens is 2. The Bertz CT molecular complexity index is 514. The van der Waals surface area contributed by atoms with Gasteiger partial charge in [0.25, 0.3) is 0 Å². The number of carbonyl (C=O) groups excluding carboxylic acids is 1. The van der Waals surface area contributed by atoms with Gasteiger partial charge in [0, 0.05) is 0 Å². The lowest BCUT2D eigenvalue weighted by Crippen LogP contribution is -1.97. The van der Waals surface area contributed by atoms with E-state index in [4.69, 9.17) is 11.6 Å². The molecule has 16 heavy (non-hydrogen) atoms. The van der Waals surface area contributed by atoms with E-state index in [1.54, 1.807) is 18.3 Å². The Hall–Kier alpha value is -0.910. The van der Waals surface area contributed by atoms with Crippen LogP contribution < -0.4 is 0 Å². The van der Waals surface area contributed by atoms with Crippen LogP contribution in [0.4, 0.5) is 0 Å². The third kappa shape index (κ3) is 2.42. The van der Waals surface area contributed by atoms with E-state index in [-0.39, 0.29) is 5.15 Å². The average molecular weight is 271 g/mol. The topological polar surface area (TPSA) is 42.9 Å². The number of nitrogens with zero attached hydrogens (tertiary/aromatic N) is 2. The molecule has 0 fully saturated rings. The normalized spacial score (nSPS) is 10.4. The summed E-state index contributed by atoms with van der Waals surface area (Å²) in [7, 11) is 0. The van der Waals surface area contributed by atoms with E-state index in [2.05, 4.69) is 9.97 Å². The number of aryl methyl sites for hydroxylation is 1. The van der Waals surface area contributed by atoms with Crippen molar-refractivity contribution < 1.29 is 4.79 Å². The predicted octanol–water partition coefficient (Wildman–Crippen LogP) is 3.46. The molecule has 0 spiro atoms. The second-order valence-corrected chi connectivity index (χ2v) is 5.53. The third-order valence-corrected chi connectivity index (χ3v) is 4.12. The lowest BCUT2D eigenvalue weighted by molar-refractivity contribution is 0.112. The Morgan fingerprint density at radius 3 is 2.94 bits per heavy atom. The van der Waals surface area contributed by atoms with Gasteiger partial charge in [-0.15, -0.1) is 11.3 Å². The van der Waals surface area contributed by atoms with Crippen molar-refractivity contribution in [2.45, 2.75) is 16.2 Å². The fourth-order valence-electron chi connectivity index (χ4n) is 1.12. The molecule has 2 aromatic rings. The Balaban J connectivity index is 2.43. The Morgan fingerprint density at radius 1 is 1.50 bits per heavy atom. The molecule has 0 bridgehead atoms. The standard InChI is InChI=1S/C10H7ClN2OS2/c1-6-12-9(11)7(5-14)10(13-6)16-8-3-2-4-15-8/h2-5H,1H3. The first kappa shape index (κ1) is 11.6. The lowest BCUT2D eigenvalue weighted by Gasteiger charge is -2.04. The summed E-state index contributed by atoms with van der Waals surface area (Å²) in [5.41, 5.74) is 0.352. The number of carbonyl (C=O) groups is 1. The molecule has 0 saturated heterocycles. The zero-order valence-corrected chi connectivity index (χ0v) is 10.7. The van der Waals surface area contributed by atoms with Gasteiger partial charge in [-0.3, -0.25) is 4.79 Å². The van der Waals surface area contributed by atoms with Gasteiger partial charge in [0.15, 0.2) is 6.29 Å². The van der Waals surface area contributed by atoms with E-state index in [1.807, 2.05) is 17.5 Å². The van der Waals surface area contributed by atoms with Crippen LogP contribution in [0.1, 0.15) is 16.2 Å². The third-order valence-electron chi connectivity index (χ3n) is 1.79. The molecular formula is C10H7ClN2OS2. The number of thiophene rings is 1. The average Bonchev–Trinajstić information content (AvgIpc) is 2.70. The highest BCUT2D eigenvalue weighted by atomic mass is 35.5. The summed E-state index contributed by atoms with van der Waals surface area (Å²) >= 11 is 8.90.